The molecular formula is C19H25N3O3. The fraction of sp³-hybridized carbons (Fsp3) is 0.474. The van der Waals surface area contributed by atoms with Crippen molar-refractivity contribution < 1.29 is 13.9 Å². The van der Waals surface area contributed by atoms with Crippen LogP contribution in [0.1, 0.15) is 40.2 Å². The van der Waals surface area contributed by atoms with E-state index in [1.807, 2.05) is 6.92 Å². The fourth-order valence-corrected chi connectivity index (χ4v) is 3.01. The van der Waals surface area contributed by atoms with Gasteiger partial charge >= 0.3 is 5.91 Å². The minimum Gasteiger partial charge on any atom is -0.437 e. The second kappa shape index (κ2) is 7.80. The number of hydrogen-bond acceptors (Lipinski definition) is 5. The lowest BCUT2D eigenvalue weighted by molar-refractivity contribution is 0.0869. The third kappa shape index (κ3) is 4.46. The molecule has 0 radical (unpaired) electrons. The first-order valence-electron chi connectivity index (χ1n) is 8.61. The molecule has 1 aliphatic heterocycles. The number of rotatable bonds is 6. The number of amides is 1. The molecule has 6 nitrogen and oxygen atoms in total. The molecule has 1 N–H and O–H groups in total. The highest BCUT2D eigenvalue weighted by Gasteiger charge is 2.25. The van der Waals surface area contributed by atoms with Gasteiger partial charge < -0.3 is 14.5 Å². The molecule has 1 amide bonds. The van der Waals surface area contributed by atoms with Gasteiger partial charge in [0.05, 0.1) is 12.3 Å². The first-order valence-corrected chi connectivity index (χ1v) is 8.61. The number of nitrogens with one attached hydrogen (secondary N) is 1. The van der Waals surface area contributed by atoms with Gasteiger partial charge in [0, 0.05) is 39.2 Å². The van der Waals surface area contributed by atoms with Crippen molar-refractivity contribution in [1.82, 2.24) is 15.2 Å². The first-order chi connectivity index (χ1) is 12.0. The summed E-state index contributed by atoms with van der Waals surface area (Å²) in [4.78, 5) is 18.9. The Hall–Kier alpha value is -2.18. The third-order valence-electron chi connectivity index (χ3n) is 4.32. The van der Waals surface area contributed by atoms with E-state index in [1.54, 1.807) is 7.11 Å². The second-order valence-corrected chi connectivity index (χ2v) is 6.66. The van der Waals surface area contributed by atoms with Crippen molar-refractivity contribution >= 4 is 5.91 Å². The number of benzene rings is 1. The summed E-state index contributed by atoms with van der Waals surface area (Å²) in [7, 11) is 1.61. The molecule has 0 unspecified atom stereocenters. The van der Waals surface area contributed by atoms with E-state index in [0.29, 0.717) is 13.2 Å². The van der Waals surface area contributed by atoms with Gasteiger partial charge in [-0.1, -0.05) is 29.8 Å². The predicted octanol–water partition coefficient (Wildman–Crippen LogP) is 2.31. The number of aryl methyl sites for hydroxylation is 1. The van der Waals surface area contributed by atoms with E-state index in [1.165, 1.54) is 11.1 Å². The summed E-state index contributed by atoms with van der Waals surface area (Å²) < 4.78 is 10.7. The SMILES string of the molecule is COC[C@@H](C)NC(=O)c1nc2c(o1)CCN(Cc1ccc(C)cc1)C2. The molecular weight excluding hydrogens is 318 g/mol. The van der Waals surface area contributed by atoms with Crippen molar-refractivity contribution in [3.8, 4) is 0 Å². The second-order valence-electron chi connectivity index (χ2n) is 6.66. The topological polar surface area (TPSA) is 67.6 Å². The fourth-order valence-electron chi connectivity index (χ4n) is 3.01. The zero-order valence-electron chi connectivity index (χ0n) is 15.0. The van der Waals surface area contributed by atoms with E-state index in [4.69, 9.17) is 9.15 Å². The van der Waals surface area contributed by atoms with Gasteiger partial charge in [0.15, 0.2) is 0 Å². The molecule has 25 heavy (non-hydrogen) atoms. The van der Waals surface area contributed by atoms with Crippen LogP contribution in [-0.2, 0) is 24.2 Å². The zero-order chi connectivity index (χ0) is 17.8. The minimum absolute atomic E-state index is 0.0838. The maximum Gasteiger partial charge on any atom is 0.307 e. The van der Waals surface area contributed by atoms with Crippen LogP contribution in [0.3, 0.4) is 0 Å². The molecule has 1 aromatic heterocycles. The number of carbonyl (C=O) groups excluding carboxylic acids is 1. The lowest BCUT2D eigenvalue weighted by atomic mass is 10.1. The van der Waals surface area contributed by atoms with Gasteiger partial charge in [-0.15, -0.1) is 0 Å². The number of nitrogens with zero attached hydrogens (tertiary/aromatic N) is 2. The van der Waals surface area contributed by atoms with Crippen molar-refractivity contribution in [2.45, 2.75) is 39.4 Å². The molecule has 1 aliphatic rings. The van der Waals surface area contributed by atoms with Crippen molar-refractivity contribution in [2.75, 3.05) is 20.3 Å². The van der Waals surface area contributed by atoms with Gasteiger partial charge in [-0.2, -0.15) is 0 Å². The van der Waals surface area contributed by atoms with Gasteiger partial charge in [-0.3, -0.25) is 9.69 Å². The summed E-state index contributed by atoms with van der Waals surface area (Å²) in [5.74, 6) is 0.680. The van der Waals surface area contributed by atoms with Gasteiger partial charge in [-0.25, -0.2) is 4.98 Å². The van der Waals surface area contributed by atoms with Crippen molar-refractivity contribution in [2.24, 2.45) is 0 Å². The monoisotopic (exact) mass is 343 g/mol. The summed E-state index contributed by atoms with van der Waals surface area (Å²) in [6.07, 6.45) is 0.773. The molecule has 0 aliphatic carbocycles. The average Bonchev–Trinajstić information content (AvgIpc) is 3.00. The summed E-state index contributed by atoms with van der Waals surface area (Å²) in [5.41, 5.74) is 3.41. The lowest BCUT2D eigenvalue weighted by Crippen LogP contribution is -2.35. The highest BCUT2D eigenvalue weighted by Crippen LogP contribution is 2.21. The predicted molar refractivity (Wildman–Crippen MR) is 94.3 cm³/mol. The zero-order valence-corrected chi connectivity index (χ0v) is 15.0. The van der Waals surface area contributed by atoms with E-state index in [-0.39, 0.29) is 17.8 Å². The van der Waals surface area contributed by atoms with Gasteiger partial charge in [0.25, 0.3) is 5.89 Å². The Morgan fingerprint density at radius 1 is 1.40 bits per heavy atom. The molecule has 1 aromatic carbocycles. The standard InChI is InChI=1S/C19H25N3O3/c1-13-4-6-15(7-5-13)10-22-9-8-17-16(11-22)21-19(25-17)18(23)20-14(2)12-24-3/h4-7,14H,8-12H2,1-3H3,(H,20,23)/t14-/m1/s1. The third-order valence-corrected chi connectivity index (χ3v) is 4.32. The van der Waals surface area contributed by atoms with Gasteiger partial charge in [-0.05, 0) is 19.4 Å². The number of ether oxygens (including phenoxy) is 1. The molecule has 134 valence electrons. The van der Waals surface area contributed by atoms with Crippen molar-refractivity contribution in [1.29, 1.82) is 0 Å². The number of hydrogen-bond donors (Lipinski definition) is 1. The molecule has 2 heterocycles. The van der Waals surface area contributed by atoms with E-state index in [9.17, 15) is 4.79 Å². The smallest absolute Gasteiger partial charge is 0.307 e. The average molecular weight is 343 g/mol. The number of carbonyl (C=O) groups is 1. The summed E-state index contributed by atoms with van der Waals surface area (Å²) in [5, 5.41) is 2.83. The Kier molecular flexibility index (Phi) is 5.50. The Labute approximate surface area is 148 Å². The van der Waals surface area contributed by atoms with Crippen molar-refractivity contribution in [3.05, 3.63) is 52.7 Å². The lowest BCUT2D eigenvalue weighted by Gasteiger charge is -2.25. The summed E-state index contributed by atoms with van der Waals surface area (Å²) in [6, 6.07) is 8.49. The van der Waals surface area contributed by atoms with E-state index in [0.717, 1.165) is 31.0 Å². The van der Waals surface area contributed by atoms with Crippen LogP contribution in [0.2, 0.25) is 0 Å². The van der Waals surface area contributed by atoms with Gasteiger partial charge in [0.1, 0.15) is 5.76 Å². The van der Waals surface area contributed by atoms with Gasteiger partial charge in [0.2, 0.25) is 0 Å². The van der Waals surface area contributed by atoms with E-state index < -0.39 is 0 Å². The molecule has 0 bridgehead atoms. The maximum atomic E-state index is 12.2. The summed E-state index contributed by atoms with van der Waals surface area (Å²) >= 11 is 0. The van der Waals surface area contributed by atoms with Crippen LogP contribution in [-0.4, -0.2) is 42.1 Å². The molecule has 0 saturated heterocycles. The molecule has 0 fully saturated rings. The van der Waals surface area contributed by atoms with Crippen LogP contribution in [0.15, 0.2) is 28.7 Å². The molecule has 0 spiro atoms. The molecule has 2 aromatic rings. The maximum absolute atomic E-state index is 12.2. The van der Waals surface area contributed by atoms with E-state index in [2.05, 4.69) is 46.4 Å². The van der Waals surface area contributed by atoms with Crippen molar-refractivity contribution in [3.63, 3.8) is 0 Å². The number of methoxy groups -OCH3 is 1. The Morgan fingerprint density at radius 3 is 2.88 bits per heavy atom. The van der Waals surface area contributed by atoms with Crippen LogP contribution in [0.25, 0.3) is 0 Å². The molecule has 1 atom stereocenters. The van der Waals surface area contributed by atoms with Crippen LogP contribution < -0.4 is 5.32 Å². The highest BCUT2D eigenvalue weighted by atomic mass is 16.5. The number of oxazole rings is 1. The number of fused-ring (bicyclic) bond motifs is 1. The molecule has 6 heteroatoms. The molecule has 0 saturated carbocycles. The highest BCUT2D eigenvalue weighted by molar-refractivity contribution is 5.89. The van der Waals surface area contributed by atoms with E-state index >= 15 is 0 Å². The Balaban J connectivity index is 1.62. The van der Waals surface area contributed by atoms with Crippen LogP contribution in [0.4, 0.5) is 0 Å². The van der Waals surface area contributed by atoms with Crippen LogP contribution in [0.5, 0.6) is 0 Å². The Bertz CT molecular complexity index is 724. The van der Waals surface area contributed by atoms with Crippen LogP contribution in [0, 0.1) is 6.92 Å². The van der Waals surface area contributed by atoms with Crippen LogP contribution >= 0.6 is 0 Å². The number of aromatic nitrogens is 1. The summed E-state index contributed by atoms with van der Waals surface area (Å²) in [6.45, 7) is 6.90. The quantitative estimate of drug-likeness (QED) is 0.872. The largest absolute Gasteiger partial charge is 0.437 e. The Morgan fingerprint density at radius 2 is 2.16 bits per heavy atom. The minimum atomic E-state index is -0.288. The molecule has 3 rings (SSSR count). The first kappa shape index (κ1) is 17.6. The normalized spacial score (nSPS) is 15.6.